The van der Waals surface area contributed by atoms with Gasteiger partial charge in [0, 0.05) is 25.2 Å². The SMILES string of the molecule is CC(C=NCN)CNCC(C)(C)CN. The molecule has 14 heavy (non-hydrogen) atoms. The molecule has 0 heterocycles. The van der Waals surface area contributed by atoms with E-state index in [0.717, 1.165) is 13.1 Å². The molecule has 0 fully saturated rings. The third-order valence-electron chi connectivity index (χ3n) is 2.09. The zero-order valence-electron chi connectivity index (χ0n) is 9.59. The minimum absolute atomic E-state index is 0.171. The maximum Gasteiger partial charge on any atom is 0.0855 e. The van der Waals surface area contributed by atoms with Gasteiger partial charge in [0.2, 0.25) is 0 Å². The molecule has 5 N–H and O–H groups in total. The molecule has 0 rings (SSSR count). The molecule has 0 radical (unpaired) electrons. The molecule has 4 heteroatoms. The molecule has 4 nitrogen and oxygen atoms in total. The molecular formula is C10H24N4. The molecule has 0 spiro atoms. The normalized spacial score (nSPS) is 14.9. The zero-order valence-corrected chi connectivity index (χ0v) is 9.59. The Hall–Kier alpha value is -0.450. The number of hydrogen-bond donors (Lipinski definition) is 3. The first-order valence-electron chi connectivity index (χ1n) is 5.12. The first-order valence-corrected chi connectivity index (χ1v) is 5.12. The molecule has 0 saturated heterocycles. The zero-order chi connectivity index (χ0) is 11.0. The molecule has 84 valence electrons. The smallest absolute Gasteiger partial charge is 0.0855 e. The van der Waals surface area contributed by atoms with Crippen LogP contribution in [0.2, 0.25) is 0 Å². The lowest BCUT2D eigenvalue weighted by Gasteiger charge is -2.23. The lowest BCUT2D eigenvalue weighted by Crippen LogP contribution is -2.37. The van der Waals surface area contributed by atoms with E-state index in [1.54, 1.807) is 0 Å². The standard InChI is InChI=1S/C10H24N4/c1-9(5-14-8-12)4-13-7-10(2,3)6-11/h5,9,13H,4,6-8,11-12H2,1-3H3. The number of hydrogen-bond acceptors (Lipinski definition) is 4. The number of rotatable bonds is 7. The van der Waals surface area contributed by atoms with Gasteiger partial charge in [0.1, 0.15) is 0 Å². The van der Waals surface area contributed by atoms with Crippen LogP contribution in [-0.4, -0.2) is 32.5 Å². The highest BCUT2D eigenvalue weighted by Crippen LogP contribution is 2.09. The predicted octanol–water partition coefficient (Wildman–Crippen LogP) is 0.184. The van der Waals surface area contributed by atoms with Crippen LogP contribution in [0.1, 0.15) is 20.8 Å². The summed E-state index contributed by atoms with van der Waals surface area (Å²) < 4.78 is 0. The third kappa shape index (κ3) is 7.00. The van der Waals surface area contributed by atoms with Crippen molar-refractivity contribution in [3.05, 3.63) is 0 Å². The van der Waals surface area contributed by atoms with E-state index in [9.17, 15) is 0 Å². The van der Waals surface area contributed by atoms with Gasteiger partial charge >= 0.3 is 0 Å². The predicted molar refractivity (Wildman–Crippen MR) is 62.4 cm³/mol. The Kier molecular flexibility index (Phi) is 6.70. The van der Waals surface area contributed by atoms with Gasteiger partial charge in [0.15, 0.2) is 0 Å². The monoisotopic (exact) mass is 200 g/mol. The molecule has 0 aliphatic carbocycles. The Morgan fingerprint density at radius 2 is 2.07 bits per heavy atom. The minimum atomic E-state index is 0.171. The summed E-state index contributed by atoms with van der Waals surface area (Å²) in [6.45, 7) is 9.35. The first-order chi connectivity index (χ1) is 6.52. The van der Waals surface area contributed by atoms with Crippen LogP contribution in [0.3, 0.4) is 0 Å². The van der Waals surface area contributed by atoms with Gasteiger partial charge in [0.25, 0.3) is 0 Å². The van der Waals surface area contributed by atoms with Crippen LogP contribution in [0.15, 0.2) is 4.99 Å². The summed E-state index contributed by atoms with van der Waals surface area (Å²) in [5, 5.41) is 3.37. The van der Waals surface area contributed by atoms with Gasteiger partial charge in [-0.2, -0.15) is 0 Å². The Morgan fingerprint density at radius 3 is 2.57 bits per heavy atom. The van der Waals surface area contributed by atoms with E-state index in [2.05, 4.69) is 31.1 Å². The van der Waals surface area contributed by atoms with E-state index in [0.29, 0.717) is 19.1 Å². The topological polar surface area (TPSA) is 76.4 Å². The molecule has 0 amide bonds. The van der Waals surface area contributed by atoms with Crippen LogP contribution in [0.4, 0.5) is 0 Å². The highest BCUT2D eigenvalue weighted by atomic mass is 14.9. The van der Waals surface area contributed by atoms with Crippen molar-refractivity contribution in [2.24, 2.45) is 27.8 Å². The molecular weight excluding hydrogens is 176 g/mol. The van der Waals surface area contributed by atoms with Crippen molar-refractivity contribution < 1.29 is 0 Å². The number of nitrogens with zero attached hydrogens (tertiary/aromatic N) is 1. The highest BCUT2D eigenvalue weighted by Gasteiger charge is 2.14. The van der Waals surface area contributed by atoms with Crippen LogP contribution in [0.5, 0.6) is 0 Å². The van der Waals surface area contributed by atoms with Crippen molar-refractivity contribution in [3.63, 3.8) is 0 Å². The molecule has 1 atom stereocenters. The molecule has 0 aromatic carbocycles. The maximum atomic E-state index is 5.62. The summed E-state index contributed by atoms with van der Waals surface area (Å²) in [6, 6.07) is 0. The van der Waals surface area contributed by atoms with Crippen molar-refractivity contribution in [1.29, 1.82) is 0 Å². The molecule has 1 unspecified atom stereocenters. The number of aliphatic imine (C=N–C) groups is 1. The summed E-state index contributed by atoms with van der Waals surface area (Å²) in [6.07, 6.45) is 1.89. The second-order valence-corrected chi connectivity index (χ2v) is 4.49. The fourth-order valence-corrected chi connectivity index (χ4v) is 1.00. The van der Waals surface area contributed by atoms with Crippen LogP contribution in [-0.2, 0) is 0 Å². The second kappa shape index (κ2) is 6.92. The van der Waals surface area contributed by atoms with Crippen molar-refractivity contribution >= 4 is 6.21 Å². The fraction of sp³-hybridized carbons (Fsp3) is 0.900. The van der Waals surface area contributed by atoms with Crippen molar-refractivity contribution in [2.75, 3.05) is 26.3 Å². The fourth-order valence-electron chi connectivity index (χ4n) is 1.00. The average Bonchev–Trinajstić information content (AvgIpc) is 2.14. The van der Waals surface area contributed by atoms with Gasteiger partial charge in [-0.05, 0) is 12.0 Å². The molecule has 0 bridgehead atoms. The Morgan fingerprint density at radius 1 is 1.43 bits per heavy atom. The molecule has 0 saturated carbocycles. The molecule has 0 aromatic rings. The molecule has 0 aromatic heterocycles. The van der Waals surface area contributed by atoms with E-state index in [1.807, 2.05) is 6.21 Å². The third-order valence-corrected chi connectivity index (χ3v) is 2.09. The number of nitrogens with one attached hydrogen (secondary N) is 1. The number of nitrogens with two attached hydrogens (primary N) is 2. The average molecular weight is 200 g/mol. The van der Waals surface area contributed by atoms with Gasteiger partial charge in [-0.25, -0.2) is 0 Å². The minimum Gasteiger partial charge on any atom is -0.330 e. The van der Waals surface area contributed by atoms with Crippen molar-refractivity contribution in [2.45, 2.75) is 20.8 Å². The Labute approximate surface area is 87.1 Å². The van der Waals surface area contributed by atoms with Crippen LogP contribution < -0.4 is 16.8 Å². The van der Waals surface area contributed by atoms with E-state index >= 15 is 0 Å². The van der Waals surface area contributed by atoms with Gasteiger partial charge in [0.05, 0.1) is 6.67 Å². The summed E-state index contributed by atoms with van der Waals surface area (Å²) in [4.78, 5) is 4.00. The second-order valence-electron chi connectivity index (χ2n) is 4.49. The van der Waals surface area contributed by atoms with Crippen LogP contribution >= 0.6 is 0 Å². The highest BCUT2D eigenvalue weighted by molar-refractivity contribution is 5.60. The Bertz CT molecular complexity index is 166. The lowest BCUT2D eigenvalue weighted by molar-refractivity contribution is 0.349. The van der Waals surface area contributed by atoms with E-state index in [-0.39, 0.29) is 5.41 Å². The van der Waals surface area contributed by atoms with Crippen LogP contribution in [0.25, 0.3) is 0 Å². The Balaban J connectivity index is 3.58. The van der Waals surface area contributed by atoms with Crippen molar-refractivity contribution in [3.8, 4) is 0 Å². The van der Waals surface area contributed by atoms with Crippen molar-refractivity contribution in [1.82, 2.24) is 5.32 Å². The first kappa shape index (κ1) is 13.5. The van der Waals surface area contributed by atoms with Gasteiger partial charge in [-0.15, -0.1) is 0 Å². The lowest BCUT2D eigenvalue weighted by atomic mass is 9.94. The van der Waals surface area contributed by atoms with Crippen LogP contribution in [0, 0.1) is 11.3 Å². The van der Waals surface area contributed by atoms with Gasteiger partial charge in [-0.1, -0.05) is 20.8 Å². The summed E-state index contributed by atoms with van der Waals surface area (Å²) >= 11 is 0. The van der Waals surface area contributed by atoms with E-state index < -0.39 is 0 Å². The van der Waals surface area contributed by atoms with E-state index in [4.69, 9.17) is 11.5 Å². The quantitative estimate of drug-likeness (QED) is 0.513. The molecule has 0 aliphatic heterocycles. The summed E-state index contributed by atoms with van der Waals surface area (Å²) in [5.74, 6) is 0.423. The molecule has 0 aliphatic rings. The van der Waals surface area contributed by atoms with E-state index in [1.165, 1.54) is 0 Å². The summed E-state index contributed by atoms with van der Waals surface area (Å²) in [5.41, 5.74) is 11.1. The van der Waals surface area contributed by atoms with Gasteiger partial charge in [-0.3, -0.25) is 4.99 Å². The van der Waals surface area contributed by atoms with Gasteiger partial charge < -0.3 is 16.8 Å². The maximum absolute atomic E-state index is 5.62. The largest absolute Gasteiger partial charge is 0.330 e. The summed E-state index contributed by atoms with van der Waals surface area (Å²) in [7, 11) is 0.